The fourth-order valence-corrected chi connectivity index (χ4v) is 2.86. The van der Waals surface area contributed by atoms with E-state index in [0.29, 0.717) is 17.1 Å². The molecule has 0 radical (unpaired) electrons. The van der Waals surface area contributed by atoms with Gasteiger partial charge in [0.05, 0.1) is 13.2 Å². The highest BCUT2D eigenvalue weighted by atomic mass is 19.1. The maximum absolute atomic E-state index is 14.4. The summed E-state index contributed by atoms with van der Waals surface area (Å²) in [6.45, 7) is 4.01. The average Bonchev–Trinajstić information content (AvgIpc) is 3.09. The summed E-state index contributed by atoms with van der Waals surface area (Å²) in [6.07, 6.45) is 1.01. The van der Waals surface area contributed by atoms with Gasteiger partial charge in [-0.2, -0.15) is 0 Å². The van der Waals surface area contributed by atoms with E-state index in [1.807, 2.05) is 12.1 Å². The number of amides is 1. The zero-order valence-electron chi connectivity index (χ0n) is 13.7. The van der Waals surface area contributed by atoms with Gasteiger partial charge in [0.15, 0.2) is 11.5 Å². The van der Waals surface area contributed by atoms with E-state index in [1.54, 1.807) is 30.3 Å². The number of alkyl carbamates (subject to hydrolysis) is 1. The van der Waals surface area contributed by atoms with Crippen molar-refractivity contribution in [3.8, 4) is 11.5 Å². The van der Waals surface area contributed by atoms with E-state index < -0.39 is 23.9 Å². The lowest BCUT2D eigenvalue weighted by atomic mass is 9.86. The number of methoxy groups -OCH3 is 1. The summed E-state index contributed by atoms with van der Waals surface area (Å²) in [5.41, 5.74) is 1.15. The monoisotopic (exact) mass is 343 g/mol. The third-order valence-electron chi connectivity index (χ3n) is 4.09. The van der Waals surface area contributed by atoms with E-state index >= 15 is 0 Å². The third kappa shape index (κ3) is 3.42. The molecular formula is C19H18FNO4. The molecule has 6 heteroatoms. The summed E-state index contributed by atoms with van der Waals surface area (Å²) in [6, 6.07) is 11.0. The molecule has 2 aromatic carbocycles. The second kappa shape index (κ2) is 7.25. The summed E-state index contributed by atoms with van der Waals surface area (Å²) in [5, 5.41) is 2.70. The zero-order chi connectivity index (χ0) is 17.8. The summed E-state index contributed by atoms with van der Waals surface area (Å²) < 4.78 is 29.8. The van der Waals surface area contributed by atoms with Crippen molar-refractivity contribution in [2.24, 2.45) is 0 Å². The number of nitrogens with one attached hydrogen (secondary N) is 1. The minimum absolute atomic E-state index is 0.161. The molecule has 1 N–H and O–H groups in total. The van der Waals surface area contributed by atoms with Crippen LogP contribution in [0.3, 0.4) is 0 Å². The molecule has 2 aromatic rings. The second-order valence-corrected chi connectivity index (χ2v) is 5.51. The SMILES string of the molecule is C=C[C@@H](c1ccc2c(c1)OCO2)[C@@H](NC(=O)OC)c1ccccc1F. The standard InChI is InChI=1S/C19H18FNO4/c1-3-13(12-8-9-16-17(10-12)25-11-24-16)18(21-19(22)23-2)14-6-4-5-7-15(14)20/h3-10,13,18H,1,11H2,2H3,(H,21,22)/t13-,18+/m0/s1. The highest BCUT2D eigenvalue weighted by Crippen LogP contribution is 2.39. The molecule has 1 aliphatic rings. The Labute approximate surface area is 145 Å². The van der Waals surface area contributed by atoms with Gasteiger partial charge in [0.25, 0.3) is 0 Å². The van der Waals surface area contributed by atoms with E-state index in [4.69, 9.17) is 14.2 Å². The Morgan fingerprint density at radius 1 is 1.28 bits per heavy atom. The quantitative estimate of drug-likeness (QED) is 0.836. The average molecular weight is 343 g/mol. The van der Waals surface area contributed by atoms with Gasteiger partial charge in [-0.15, -0.1) is 6.58 Å². The maximum Gasteiger partial charge on any atom is 0.407 e. The molecule has 0 aliphatic carbocycles. The number of fused-ring (bicyclic) bond motifs is 1. The van der Waals surface area contributed by atoms with Crippen LogP contribution in [-0.4, -0.2) is 20.0 Å². The minimum atomic E-state index is -0.688. The van der Waals surface area contributed by atoms with E-state index in [9.17, 15) is 9.18 Å². The van der Waals surface area contributed by atoms with Crippen molar-refractivity contribution in [3.05, 3.63) is 72.1 Å². The molecule has 130 valence electrons. The van der Waals surface area contributed by atoms with Gasteiger partial charge in [0.2, 0.25) is 6.79 Å². The van der Waals surface area contributed by atoms with Gasteiger partial charge in [0.1, 0.15) is 5.82 Å². The van der Waals surface area contributed by atoms with Crippen LogP contribution in [0.1, 0.15) is 23.1 Å². The van der Waals surface area contributed by atoms with Gasteiger partial charge >= 0.3 is 6.09 Å². The van der Waals surface area contributed by atoms with Gasteiger partial charge in [-0.3, -0.25) is 0 Å². The molecule has 0 saturated heterocycles. The van der Waals surface area contributed by atoms with Crippen LogP contribution in [0, 0.1) is 5.82 Å². The molecule has 25 heavy (non-hydrogen) atoms. The van der Waals surface area contributed by atoms with Crippen molar-refractivity contribution in [1.29, 1.82) is 0 Å². The van der Waals surface area contributed by atoms with Crippen molar-refractivity contribution in [2.75, 3.05) is 13.9 Å². The van der Waals surface area contributed by atoms with Crippen LogP contribution in [0.25, 0.3) is 0 Å². The summed E-state index contributed by atoms with van der Waals surface area (Å²) in [5.74, 6) is 0.437. The predicted molar refractivity (Wildman–Crippen MR) is 90.2 cm³/mol. The van der Waals surface area contributed by atoms with Gasteiger partial charge in [-0.1, -0.05) is 30.3 Å². The molecule has 0 unspecified atom stereocenters. The molecule has 0 bridgehead atoms. The second-order valence-electron chi connectivity index (χ2n) is 5.51. The highest BCUT2D eigenvalue weighted by molar-refractivity contribution is 5.68. The van der Waals surface area contributed by atoms with Crippen molar-refractivity contribution < 1.29 is 23.4 Å². The van der Waals surface area contributed by atoms with Crippen LogP contribution in [0.4, 0.5) is 9.18 Å². The zero-order valence-corrected chi connectivity index (χ0v) is 13.7. The van der Waals surface area contributed by atoms with Crippen LogP contribution >= 0.6 is 0 Å². The van der Waals surface area contributed by atoms with Crippen LogP contribution < -0.4 is 14.8 Å². The van der Waals surface area contributed by atoms with Crippen molar-refractivity contribution >= 4 is 6.09 Å². The largest absolute Gasteiger partial charge is 0.454 e. The Morgan fingerprint density at radius 3 is 2.76 bits per heavy atom. The summed E-state index contributed by atoms with van der Waals surface area (Å²) >= 11 is 0. The molecule has 1 heterocycles. The lowest BCUT2D eigenvalue weighted by Crippen LogP contribution is -2.32. The van der Waals surface area contributed by atoms with E-state index in [-0.39, 0.29) is 6.79 Å². The lowest BCUT2D eigenvalue weighted by molar-refractivity contribution is 0.165. The molecule has 1 amide bonds. The Hall–Kier alpha value is -3.02. The Kier molecular flexibility index (Phi) is 4.88. The first-order chi connectivity index (χ1) is 12.1. The van der Waals surface area contributed by atoms with Gasteiger partial charge in [0, 0.05) is 11.5 Å². The fourth-order valence-electron chi connectivity index (χ4n) is 2.86. The van der Waals surface area contributed by atoms with Gasteiger partial charge in [-0.05, 0) is 23.8 Å². The number of hydrogen-bond acceptors (Lipinski definition) is 4. The van der Waals surface area contributed by atoms with Gasteiger partial charge < -0.3 is 19.5 Å². The molecule has 0 aromatic heterocycles. The third-order valence-corrected chi connectivity index (χ3v) is 4.09. The van der Waals surface area contributed by atoms with E-state index in [1.165, 1.54) is 13.2 Å². The van der Waals surface area contributed by atoms with Gasteiger partial charge in [-0.25, -0.2) is 9.18 Å². The number of hydrogen-bond donors (Lipinski definition) is 1. The highest BCUT2D eigenvalue weighted by Gasteiger charge is 2.28. The van der Waals surface area contributed by atoms with E-state index in [0.717, 1.165) is 5.56 Å². The number of ether oxygens (including phenoxy) is 3. The molecule has 0 saturated carbocycles. The lowest BCUT2D eigenvalue weighted by Gasteiger charge is -2.26. The first kappa shape index (κ1) is 16.8. The first-order valence-electron chi connectivity index (χ1n) is 7.75. The van der Waals surface area contributed by atoms with Crippen molar-refractivity contribution in [1.82, 2.24) is 5.32 Å². The van der Waals surface area contributed by atoms with Crippen molar-refractivity contribution in [3.63, 3.8) is 0 Å². The molecule has 0 spiro atoms. The number of halogens is 1. The predicted octanol–water partition coefficient (Wildman–Crippen LogP) is 3.92. The van der Waals surface area contributed by atoms with Crippen LogP contribution in [-0.2, 0) is 4.74 Å². The Bertz CT molecular complexity index is 793. The molecule has 0 fully saturated rings. The molecular weight excluding hydrogens is 325 g/mol. The summed E-state index contributed by atoms with van der Waals surface area (Å²) in [7, 11) is 1.26. The molecule has 5 nitrogen and oxygen atoms in total. The van der Waals surface area contributed by atoms with Crippen molar-refractivity contribution in [2.45, 2.75) is 12.0 Å². The number of rotatable bonds is 5. The minimum Gasteiger partial charge on any atom is -0.454 e. The Morgan fingerprint density at radius 2 is 2.04 bits per heavy atom. The molecule has 2 atom stereocenters. The first-order valence-corrected chi connectivity index (χ1v) is 7.75. The number of carbonyl (C=O) groups is 1. The van der Waals surface area contributed by atoms with Crippen LogP contribution in [0.15, 0.2) is 55.1 Å². The summed E-state index contributed by atoms with van der Waals surface area (Å²) in [4.78, 5) is 11.8. The molecule has 3 rings (SSSR count). The number of carbonyl (C=O) groups excluding carboxylic acids is 1. The topological polar surface area (TPSA) is 56.8 Å². The van der Waals surface area contributed by atoms with E-state index in [2.05, 4.69) is 11.9 Å². The van der Waals surface area contributed by atoms with Crippen LogP contribution in [0.2, 0.25) is 0 Å². The smallest absolute Gasteiger partial charge is 0.407 e. The number of benzene rings is 2. The normalized spacial score (nSPS) is 14.5. The molecule has 1 aliphatic heterocycles. The Balaban J connectivity index is 2.01. The fraction of sp³-hybridized carbons (Fsp3) is 0.211. The maximum atomic E-state index is 14.4. The van der Waals surface area contributed by atoms with Crippen LogP contribution in [0.5, 0.6) is 11.5 Å².